The van der Waals surface area contributed by atoms with Crippen molar-refractivity contribution < 1.29 is 0 Å². The molecule has 0 aromatic carbocycles. The molecule has 0 amide bonds. The molecule has 3 aliphatic rings. The summed E-state index contributed by atoms with van der Waals surface area (Å²) < 4.78 is 0. The fourth-order valence-corrected chi connectivity index (χ4v) is 6.61. The number of hydrogen-bond acceptors (Lipinski definition) is 3. The molecule has 0 N–H and O–H groups in total. The Balaban J connectivity index is 0.000000263. The maximum absolute atomic E-state index is 2.67. The lowest BCUT2D eigenvalue weighted by atomic mass is 9.86. The molecule has 3 fully saturated rings. The van der Waals surface area contributed by atoms with Gasteiger partial charge in [-0.1, -0.05) is 48.0 Å². The van der Waals surface area contributed by atoms with Crippen LogP contribution in [0.15, 0.2) is 0 Å². The average molecular weight is 494 g/mol. The van der Waals surface area contributed by atoms with Gasteiger partial charge in [0.1, 0.15) is 0 Å². The van der Waals surface area contributed by atoms with E-state index in [1.54, 1.807) is 0 Å². The normalized spacial score (nSPS) is 25.5. The van der Waals surface area contributed by atoms with Crippen molar-refractivity contribution in [2.75, 3.05) is 26.2 Å². The topological polar surface area (TPSA) is 9.72 Å². The lowest BCUT2D eigenvalue weighted by Crippen LogP contribution is -2.46. The Morgan fingerprint density at radius 2 is 0.857 bits per heavy atom. The van der Waals surface area contributed by atoms with E-state index >= 15 is 0 Å². The minimum atomic E-state index is 0.734. The van der Waals surface area contributed by atoms with Crippen molar-refractivity contribution in [2.45, 2.75) is 158 Å². The number of hydrogen-bond donors (Lipinski definition) is 0. The van der Waals surface area contributed by atoms with E-state index in [0.717, 1.165) is 53.9 Å². The molecule has 3 nitrogen and oxygen atoms in total. The van der Waals surface area contributed by atoms with Gasteiger partial charge in [0, 0.05) is 30.2 Å². The Morgan fingerprint density at radius 3 is 1.20 bits per heavy atom. The standard InChI is InChI=1S/2C11H23N.C10H21N/c1-9(2)11-5-7-12(8-6-11)10(3)4;1-9(2)11-7-5-6-8-12(11)10(3)4;1-8(2)10-6-5-7-11(10)9(3)4/h2*9-11H,5-8H2,1-4H3;8-10H,5-7H2,1-4H3. The summed E-state index contributed by atoms with van der Waals surface area (Å²) in [6.45, 7) is 33.2. The molecular formula is C32H67N3. The fraction of sp³-hybridized carbons (Fsp3) is 1.00. The summed E-state index contributed by atoms with van der Waals surface area (Å²) in [5.74, 6) is 3.53. The summed E-state index contributed by atoms with van der Waals surface area (Å²) in [6.07, 6.45) is 9.89. The van der Waals surface area contributed by atoms with Crippen LogP contribution in [0.25, 0.3) is 0 Å². The zero-order valence-corrected chi connectivity index (χ0v) is 26.3. The molecule has 3 rings (SSSR count). The van der Waals surface area contributed by atoms with Crippen molar-refractivity contribution in [2.24, 2.45) is 23.7 Å². The molecule has 0 spiro atoms. The molecule has 0 aliphatic carbocycles. The van der Waals surface area contributed by atoms with Gasteiger partial charge in [-0.05, 0) is 130 Å². The molecule has 2 unspecified atom stereocenters. The van der Waals surface area contributed by atoms with Gasteiger partial charge < -0.3 is 4.90 Å². The number of rotatable bonds is 6. The number of likely N-dealkylation sites (tertiary alicyclic amines) is 3. The Kier molecular flexibility index (Phi) is 15.7. The Morgan fingerprint density at radius 1 is 0.429 bits per heavy atom. The van der Waals surface area contributed by atoms with Crippen molar-refractivity contribution in [3.8, 4) is 0 Å². The van der Waals surface area contributed by atoms with Gasteiger partial charge >= 0.3 is 0 Å². The van der Waals surface area contributed by atoms with E-state index < -0.39 is 0 Å². The molecule has 0 saturated carbocycles. The van der Waals surface area contributed by atoms with Gasteiger partial charge in [0.25, 0.3) is 0 Å². The highest BCUT2D eigenvalue weighted by Crippen LogP contribution is 2.26. The van der Waals surface area contributed by atoms with Gasteiger partial charge in [-0.15, -0.1) is 0 Å². The summed E-state index contributed by atoms with van der Waals surface area (Å²) in [7, 11) is 0. The van der Waals surface area contributed by atoms with Crippen molar-refractivity contribution in [1.82, 2.24) is 14.7 Å². The van der Waals surface area contributed by atoms with E-state index in [2.05, 4.69) is 97.8 Å². The molecule has 0 radical (unpaired) electrons. The van der Waals surface area contributed by atoms with Crippen LogP contribution in [0.4, 0.5) is 0 Å². The first-order valence-electron chi connectivity index (χ1n) is 15.6. The van der Waals surface area contributed by atoms with Crippen LogP contribution in [0.2, 0.25) is 0 Å². The first-order chi connectivity index (χ1) is 16.4. The van der Waals surface area contributed by atoms with Crippen LogP contribution >= 0.6 is 0 Å². The number of piperidine rings is 2. The van der Waals surface area contributed by atoms with Crippen LogP contribution in [0, 0.1) is 23.7 Å². The van der Waals surface area contributed by atoms with E-state index in [0.29, 0.717) is 0 Å². The van der Waals surface area contributed by atoms with Gasteiger partial charge in [0.15, 0.2) is 0 Å². The highest BCUT2D eigenvalue weighted by atomic mass is 15.2. The average Bonchev–Trinajstić information content (AvgIpc) is 3.31. The minimum absolute atomic E-state index is 0.734. The second-order valence-corrected chi connectivity index (χ2v) is 13.6. The maximum Gasteiger partial charge on any atom is 0.0121 e. The van der Waals surface area contributed by atoms with Gasteiger partial charge in [0.2, 0.25) is 0 Å². The van der Waals surface area contributed by atoms with Crippen molar-refractivity contribution in [3.63, 3.8) is 0 Å². The van der Waals surface area contributed by atoms with Crippen molar-refractivity contribution in [3.05, 3.63) is 0 Å². The highest BCUT2D eigenvalue weighted by molar-refractivity contribution is 4.83. The Labute approximate surface area is 222 Å². The maximum atomic E-state index is 2.67. The van der Waals surface area contributed by atoms with Gasteiger partial charge in [0.05, 0.1) is 0 Å². The van der Waals surface area contributed by atoms with Crippen LogP contribution in [-0.4, -0.2) is 71.1 Å². The molecule has 3 heteroatoms. The van der Waals surface area contributed by atoms with Crippen LogP contribution in [-0.2, 0) is 0 Å². The van der Waals surface area contributed by atoms with E-state index in [1.807, 2.05) is 0 Å². The van der Waals surface area contributed by atoms with Crippen LogP contribution < -0.4 is 0 Å². The second-order valence-electron chi connectivity index (χ2n) is 13.6. The minimum Gasteiger partial charge on any atom is -0.301 e. The zero-order chi connectivity index (χ0) is 26.7. The predicted octanol–water partition coefficient (Wildman–Crippen LogP) is 8.18. The predicted molar refractivity (Wildman–Crippen MR) is 158 cm³/mol. The summed E-state index contributed by atoms with van der Waals surface area (Å²) in [5, 5.41) is 0. The first kappa shape index (κ1) is 32.9. The third-order valence-electron chi connectivity index (χ3n) is 9.05. The van der Waals surface area contributed by atoms with Gasteiger partial charge in [-0.2, -0.15) is 0 Å². The SMILES string of the molecule is CC(C)C1CCCCN1C(C)C.CC(C)C1CCCN1C(C)C.CC(C)C1CCN(C(C)C)CC1. The zero-order valence-electron chi connectivity index (χ0n) is 26.3. The Hall–Kier alpha value is -0.120. The van der Waals surface area contributed by atoms with E-state index in [9.17, 15) is 0 Å². The quantitative estimate of drug-likeness (QED) is 0.369. The van der Waals surface area contributed by atoms with Crippen LogP contribution in [0.1, 0.15) is 128 Å². The van der Waals surface area contributed by atoms with E-state index in [1.165, 1.54) is 71.1 Å². The highest BCUT2D eigenvalue weighted by Gasteiger charge is 2.28. The molecule has 210 valence electrons. The molecule has 3 aliphatic heterocycles. The van der Waals surface area contributed by atoms with Gasteiger partial charge in [-0.3, -0.25) is 9.80 Å². The molecule has 2 atom stereocenters. The van der Waals surface area contributed by atoms with Crippen LogP contribution in [0.5, 0.6) is 0 Å². The Bertz CT molecular complexity index is 471. The molecule has 0 bridgehead atoms. The lowest BCUT2D eigenvalue weighted by molar-refractivity contribution is 0.0808. The third-order valence-corrected chi connectivity index (χ3v) is 9.05. The second kappa shape index (κ2) is 16.7. The van der Waals surface area contributed by atoms with E-state index in [-0.39, 0.29) is 0 Å². The summed E-state index contributed by atoms with van der Waals surface area (Å²) in [6, 6.07) is 3.93. The summed E-state index contributed by atoms with van der Waals surface area (Å²) in [4.78, 5) is 7.91. The van der Waals surface area contributed by atoms with E-state index in [4.69, 9.17) is 0 Å². The smallest absolute Gasteiger partial charge is 0.0121 e. The summed E-state index contributed by atoms with van der Waals surface area (Å²) in [5.41, 5.74) is 0. The monoisotopic (exact) mass is 494 g/mol. The largest absolute Gasteiger partial charge is 0.301 e. The molecule has 3 saturated heterocycles. The molecular weight excluding hydrogens is 426 g/mol. The molecule has 0 aromatic heterocycles. The number of nitrogens with zero attached hydrogens (tertiary/aromatic N) is 3. The van der Waals surface area contributed by atoms with Crippen molar-refractivity contribution >= 4 is 0 Å². The molecule has 0 aromatic rings. The van der Waals surface area contributed by atoms with Gasteiger partial charge in [-0.25, -0.2) is 0 Å². The first-order valence-corrected chi connectivity index (χ1v) is 15.6. The van der Waals surface area contributed by atoms with Crippen LogP contribution in [0.3, 0.4) is 0 Å². The van der Waals surface area contributed by atoms with Crippen molar-refractivity contribution in [1.29, 1.82) is 0 Å². The lowest BCUT2D eigenvalue weighted by Gasteiger charge is -2.40. The fourth-order valence-electron chi connectivity index (χ4n) is 6.61. The molecule has 3 heterocycles. The third kappa shape index (κ3) is 11.4. The summed E-state index contributed by atoms with van der Waals surface area (Å²) >= 11 is 0. The molecule has 35 heavy (non-hydrogen) atoms.